The number of aliphatic hydroxyl groups is 1. The van der Waals surface area contributed by atoms with E-state index in [4.69, 9.17) is 16.0 Å². The number of rotatable bonds is 5. The molecule has 1 rings (SSSR count). The van der Waals surface area contributed by atoms with Gasteiger partial charge in [-0.05, 0) is 23.8 Å². The largest absolute Gasteiger partial charge is 0.415 e. The standard InChI is InChI=1S/C11H13F4N3O2/c12-8-2-6(1-7(3-8)10(16)18-20)4-17-5-9(19)11(13,14)15/h1-3,9,17,19-20H,4-5H2,(H2,16,18). The number of amidine groups is 1. The van der Waals surface area contributed by atoms with Crippen LogP contribution in [0.3, 0.4) is 0 Å². The SMILES string of the molecule is N/C(=N/O)c1cc(F)cc(CNCC(O)C(F)(F)F)c1. The first kappa shape index (κ1) is 16.2. The normalized spacial score (nSPS) is 14.3. The maximum absolute atomic E-state index is 13.3. The molecular formula is C11H13F4N3O2. The Hall–Kier alpha value is -1.87. The summed E-state index contributed by atoms with van der Waals surface area (Å²) in [7, 11) is 0. The number of nitrogens with two attached hydrogens (primary N) is 1. The molecule has 5 N–H and O–H groups in total. The molecule has 5 nitrogen and oxygen atoms in total. The fraction of sp³-hybridized carbons (Fsp3) is 0.364. The average molecular weight is 295 g/mol. The third-order valence-electron chi connectivity index (χ3n) is 2.41. The summed E-state index contributed by atoms with van der Waals surface area (Å²) < 4.78 is 49.4. The summed E-state index contributed by atoms with van der Waals surface area (Å²) in [6.07, 6.45) is -7.21. The van der Waals surface area contributed by atoms with Crippen molar-refractivity contribution in [1.29, 1.82) is 0 Å². The lowest BCUT2D eigenvalue weighted by Gasteiger charge is -2.15. The number of alkyl halides is 3. The lowest BCUT2D eigenvalue weighted by atomic mass is 10.1. The predicted molar refractivity (Wildman–Crippen MR) is 62.7 cm³/mol. The summed E-state index contributed by atoms with van der Waals surface area (Å²) in [5, 5.41) is 22.3. The molecule has 1 aromatic carbocycles. The van der Waals surface area contributed by atoms with E-state index in [1.54, 1.807) is 0 Å². The number of nitrogens with one attached hydrogen (secondary N) is 1. The van der Waals surface area contributed by atoms with Crippen molar-refractivity contribution in [3.05, 3.63) is 35.1 Å². The van der Waals surface area contributed by atoms with Crippen LogP contribution in [0, 0.1) is 5.82 Å². The molecule has 0 spiro atoms. The van der Waals surface area contributed by atoms with Crippen LogP contribution >= 0.6 is 0 Å². The first-order valence-corrected chi connectivity index (χ1v) is 5.47. The number of oxime groups is 1. The van der Waals surface area contributed by atoms with Crippen molar-refractivity contribution in [3.63, 3.8) is 0 Å². The van der Waals surface area contributed by atoms with Gasteiger partial charge < -0.3 is 21.4 Å². The van der Waals surface area contributed by atoms with Gasteiger partial charge in [-0.3, -0.25) is 0 Å². The first-order valence-electron chi connectivity index (χ1n) is 5.47. The highest BCUT2D eigenvalue weighted by molar-refractivity contribution is 5.97. The quantitative estimate of drug-likeness (QED) is 0.214. The fourth-order valence-electron chi connectivity index (χ4n) is 1.43. The molecule has 0 radical (unpaired) electrons. The molecule has 0 saturated carbocycles. The Balaban J connectivity index is 2.67. The van der Waals surface area contributed by atoms with Crippen LogP contribution in [-0.2, 0) is 6.54 Å². The smallest absolute Gasteiger partial charge is 0.409 e. The minimum atomic E-state index is -4.71. The maximum Gasteiger partial charge on any atom is 0.415 e. The maximum atomic E-state index is 13.3. The van der Waals surface area contributed by atoms with Gasteiger partial charge in [-0.15, -0.1) is 0 Å². The molecule has 0 heterocycles. The molecule has 0 aliphatic rings. The molecule has 0 bridgehead atoms. The van der Waals surface area contributed by atoms with E-state index in [2.05, 4.69) is 10.5 Å². The predicted octanol–water partition coefficient (Wildman–Crippen LogP) is 0.933. The summed E-state index contributed by atoms with van der Waals surface area (Å²) in [6, 6.07) is 3.45. The molecule has 1 unspecified atom stereocenters. The number of benzene rings is 1. The van der Waals surface area contributed by atoms with Crippen molar-refractivity contribution in [2.45, 2.75) is 18.8 Å². The molecule has 1 aromatic rings. The van der Waals surface area contributed by atoms with Gasteiger partial charge in [-0.2, -0.15) is 13.2 Å². The lowest BCUT2D eigenvalue weighted by molar-refractivity contribution is -0.201. The molecule has 20 heavy (non-hydrogen) atoms. The number of nitrogens with zero attached hydrogens (tertiary/aromatic N) is 1. The van der Waals surface area contributed by atoms with Crippen molar-refractivity contribution >= 4 is 5.84 Å². The molecule has 0 fully saturated rings. The number of hydrogen-bond donors (Lipinski definition) is 4. The van der Waals surface area contributed by atoms with Gasteiger partial charge in [-0.25, -0.2) is 4.39 Å². The summed E-state index contributed by atoms with van der Waals surface area (Å²) >= 11 is 0. The van der Waals surface area contributed by atoms with Crippen LogP contribution < -0.4 is 11.1 Å². The highest BCUT2D eigenvalue weighted by Gasteiger charge is 2.37. The van der Waals surface area contributed by atoms with Gasteiger partial charge in [0.1, 0.15) is 5.82 Å². The van der Waals surface area contributed by atoms with Crippen LogP contribution in [0.2, 0.25) is 0 Å². The molecule has 0 aromatic heterocycles. The van der Waals surface area contributed by atoms with Crippen LogP contribution in [0.15, 0.2) is 23.4 Å². The van der Waals surface area contributed by atoms with Crippen molar-refractivity contribution in [3.8, 4) is 0 Å². The Morgan fingerprint density at radius 3 is 2.55 bits per heavy atom. The highest BCUT2D eigenvalue weighted by atomic mass is 19.4. The zero-order valence-corrected chi connectivity index (χ0v) is 10.2. The second-order valence-electron chi connectivity index (χ2n) is 4.02. The van der Waals surface area contributed by atoms with Crippen LogP contribution in [0.1, 0.15) is 11.1 Å². The van der Waals surface area contributed by atoms with Gasteiger partial charge in [0.25, 0.3) is 0 Å². The second-order valence-corrected chi connectivity index (χ2v) is 4.02. The topological polar surface area (TPSA) is 90.9 Å². The summed E-state index contributed by atoms with van der Waals surface area (Å²) in [4.78, 5) is 0. The van der Waals surface area contributed by atoms with Crippen molar-refractivity contribution < 1.29 is 27.9 Å². The molecule has 0 aliphatic heterocycles. The van der Waals surface area contributed by atoms with Gasteiger partial charge in [0.05, 0.1) is 0 Å². The van der Waals surface area contributed by atoms with Gasteiger partial charge in [0.15, 0.2) is 11.9 Å². The van der Waals surface area contributed by atoms with Gasteiger partial charge in [0.2, 0.25) is 0 Å². The van der Waals surface area contributed by atoms with E-state index in [1.807, 2.05) is 0 Å². The Morgan fingerprint density at radius 2 is 2.00 bits per heavy atom. The highest BCUT2D eigenvalue weighted by Crippen LogP contribution is 2.19. The molecular weight excluding hydrogens is 282 g/mol. The summed E-state index contributed by atoms with van der Waals surface area (Å²) in [5.74, 6) is -0.997. The van der Waals surface area contributed by atoms with Gasteiger partial charge >= 0.3 is 6.18 Å². The van der Waals surface area contributed by atoms with Crippen LogP contribution in [0.25, 0.3) is 0 Å². The Bertz CT molecular complexity index is 491. The Morgan fingerprint density at radius 1 is 1.35 bits per heavy atom. The van der Waals surface area contributed by atoms with E-state index < -0.39 is 24.6 Å². The van der Waals surface area contributed by atoms with Crippen molar-refractivity contribution in [2.75, 3.05) is 6.54 Å². The van der Waals surface area contributed by atoms with Crippen LogP contribution in [0.5, 0.6) is 0 Å². The first-order chi connectivity index (χ1) is 9.24. The van der Waals surface area contributed by atoms with Crippen molar-refractivity contribution in [1.82, 2.24) is 5.32 Å². The Kier molecular flexibility index (Phi) is 5.28. The van der Waals surface area contributed by atoms with Crippen LogP contribution in [-0.4, -0.2) is 35.0 Å². The minimum Gasteiger partial charge on any atom is -0.409 e. The van der Waals surface area contributed by atoms with Crippen molar-refractivity contribution in [2.24, 2.45) is 10.9 Å². The minimum absolute atomic E-state index is 0.0978. The lowest BCUT2D eigenvalue weighted by Crippen LogP contribution is -2.38. The third kappa shape index (κ3) is 4.67. The van der Waals surface area contributed by atoms with E-state index in [0.29, 0.717) is 5.56 Å². The van der Waals surface area contributed by atoms with Gasteiger partial charge in [0, 0.05) is 18.7 Å². The molecule has 112 valence electrons. The molecule has 9 heteroatoms. The second kappa shape index (κ2) is 6.53. The van der Waals surface area contributed by atoms with Gasteiger partial charge in [-0.1, -0.05) is 5.16 Å². The van der Waals surface area contributed by atoms with E-state index >= 15 is 0 Å². The zero-order chi connectivity index (χ0) is 15.3. The molecule has 0 aliphatic carbocycles. The van der Waals surface area contributed by atoms with E-state index in [1.165, 1.54) is 6.07 Å². The van der Waals surface area contributed by atoms with E-state index in [9.17, 15) is 17.6 Å². The summed E-state index contributed by atoms with van der Waals surface area (Å²) in [6.45, 7) is -0.838. The van der Waals surface area contributed by atoms with Crippen LogP contribution in [0.4, 0.5) is 17.6 Å². The molecule has 1 atom stereocenters. The number of hydrogen-bond acceptors (Lipinski definition) is 4. The van der Waals surface area contributed by atoms with E-state index in [0.717, 1.165) is 12.1 Å². The van der Waals surface area contributed by atoms with E-state index in [-0.39, 0.29) is 17.9 Å². The Labute approximate surface area is 111 Å². The number of aliphatic hydroxyl groups excluding tert-OH is 1. The average Bonchev–Trinajstić information content (AvgIpc) is 2.35. The number of halogens is 4. The zero-order valence-electron chi connectivity index (χ0n) is 10.2. The molecule has 0 amide bonds. The fourth-order valence-corrected chi connectivity index (χ4v) is 1.43. The monoisotopic (exact) mass is 295 g/mol. The summed E-state index contributed by atoms with van der Waals surface area (Å²) in [5.41, 5.74) is 5.68. The third-order valence-corrected chi connectivity index (χ3v) is 2.41. The molecule has 0 saturated heterocycles.